The fourth-order valence-corrected chi connectivity index (χ4v) is 1.77. The fraction of sp³-hybridized carbons (Fsp3) is 0.909. The summed E-state index contributed by atoms with van der Waals surface area (Å²) in [6.07, 6.45) is 2.43. The summed E-state index contributed by atoms with van der Waals surface area (Å²) in [6, 6.07) is 0. The van der Waals surface area contributed by atoms with Gasteiger partial charge in [0.05, 0.1) is 13.2 Å². The van der Waals surface area contributed by atoms with Gasteiger partial charge in [0.2, 0.25) is 5.91 Å². The Morgan fingerprint density at radius 2 is 2.13 bits per heavy atom. The molecule has 1 aliphatic heterocycles. The van der Waals surface area contributed by atoms with Crippen LogP contribution in [0.4, 0.5) is 0 Å². The number of ether oxygens (including phenoxy) is 1. The third-order valence-electron chi connectivity index (χ3n) is 2.87. The topological polar surface area (TPSA) is 41.6 Å². The summed E-state index contributed by atoms with van der Waals surface area (Å²) in [4.78, 5) is 13.7. The smallest absolute Gasteiger partial charge is 0.234 e. The van der Waals surface area contributed by atoms with E-state index in [0.717, 1.165) is 19.0 Å². The van der Waals surface area contributed by atoms with Crippen LogP contribution >= 0.6 is 0 Å². The van der Waals surface area contributed by atoms with Crippen molar-refractivity contribution in [2.24, 2.45) is 5.92 Å². The van der Waals surface area contributed by atoms with Crippen LogP contribution in [0.1, 0.15) is 19.8 Å². The molecule has 1 fully saturated rings. The standard InChI is InChI=1S/C11H22N2O2/c1-10-3-6-13(7-4-10)9-11(14)12-5-8-15-2/h10H,3-9H2,1-2H3,(H,12,14). The molecular weight excluding hydrogens is 192 g/mol. The van der Waals surface area contributed by atoms with Crippen molar-refractivity contribution in [1.29, 1.82) is 0 Å². The Hall–Kier alpha value is -0.610. The zero-order valence-corrected chi connectivity index (χ0v) is 9.79. The van der Waals surface area contributed by atoms with Gasteiger partial charge in [-0.3, -0.25) is 9.69 Å². The molecule has 4 nitrogen and oxygen atoms in total. The Morgan fingerprint density at radius 1 is 1.47 bits per heavy atom. The zero-order chi connectivity index (χ0) is 11.1. The second-order valence-corrected chi connectivity index (χ2v) is 4.30. The number of hydrogen-bond acceptors (Lipinski definition) is 3. The zero-order valence-electron chi connectivity index (χ0n) is 9.79. The number of likely N-dealkylation sites (tertiary alicyclic amines) is 1. The number of rotatable bonds is 5. The highest BCUT2D eigenvalue weighted by molar-refractivity contribution is 5.77. The summed E-state index contributed by atoms with van der Waals surface area (Å²) in [5, 5.41) is 2.84. The first-order chi connectivity index (χ1) is 7.22. The molecule has 0 radical (unpaired) electrons. The van der Waals surface area contributed by atoms with Crippen LogP contribution in [0, 0.1) is 5.92 Å². The minimum atomic E-state index is 0.113. The molecule has 0 aliphatic carbocycles. The molecule has 0 unspecified atom stereocenters. The average molecular weight is 214 g/mol. The van der Waals surface area contributed by atoms with E-state index in [1.165, 1.54) is 12.8 Å². The molecule has 0 saturated carbocycles. The normalized spacial score (nSPS) is 19.1. The summed E-state index contributed by atoms with van der Waals surface area (Å²) >= 11 is 0. The predicted octanol–water partition coefficient (Wildman–Crippen LogP) is 0.481. The van der Waals surface area contributed by atoms with Gasteiger partial charge in [-0.2, -0.15) is 0 Å². The molecule has 1 saturated heterocycles. The largest absolute Gasteiger partial charge is 0.383 e. The lowest BCUT2D eigenvalue weighted by Gasteiger charge is -2.29. The molecule has 0 atom stereocenters. The van der Waals surface area contributed by atoms with Gasteiger partial charge in [-0.25, -0.2) is 0 Å². The lowest BCUT2D eigenvalue weighted by atomic mass is 9.99. The Balaban J connectivity index is 2.09. The highest BCUT2D eigenvalue weighted by Crippen LogP contribution is 2.15. The molecule has 0 bridgehead atoms. The van der Waals surface area contributed by atoms with Crippen LogP contribution in [0.2, 0.25) is 0 Å². The predicted molar refractivity (Wildman–Crippen MR) is 59.7 cm³/mol. The number of hydrogen-bond donors (Lipinski definition) is 1. The quantitative estimate of drug-likeness (QED) is 0.677. The van der Waals surface area contributed by atoms with Crippen molar-refractivity contribution < 1.29 is 9.53 Å². The van der Waals surface area contributed by atoms with Crippen molar-refractivity contribution >= 4 is 5.91 Å². The summed E-state index contributed by atoms with van der Waals surface area (Å²) in [5.41, 5.74) is 0. The fourth-order valence-electron chi connectivity index (χ4n) is 1.77. The van der Waals surface area contributed by atoms with E-state index >= 15 is 0 Å². The third-order valence-corrected chi connectivity index (χ3v) is 2.87. The van der Waals surface area contributed by atoms with Gasteiger partial charge in [-0.05, 0) is 31.8 Å². The molecule has 15 heavy (non-hydrogen) atoms. The van der Waals surface area contributed by atoms with Gasteiger partial charge >= 0.3 is 0 Å². The first kappa shape index (κ1) is 12.5. The molecule has 1 N–H and O–H groups in total. The Morgan fingerprint density at radius 3 is 2.73 bits per heavy atom. The maximum atomic E-state index is 11.5. The third kappa shape index (κ3) is 5.14. The van der Waals surface area contributed by atoms with Crippen molar-refractivity contribution in [3.63, 3.8) is 0 Å². The van der Waals surface area contributed by atoms with Gasteiger partial charge in [0, 0.05) is 13.7 Å². The number of amides is 1. The van der Waals surface area contributed by atoms with Crippen molar-refractivity contribution in [3.05, 3.63) is 0 Å². The van der Waals surface area contributed by atoms with E-state index < -0.39 is 0 Å². The van der Waals surface area contributed by atoms with Crippen molar-refractivity contribution in [1.82, 2.24) is 10.2 Å². The minimum absolute atomic E-state index is 0.113. The van der Waals surface area contributed by atoms with Gasteiger partial charge in [-0.1, -0.05) is 6.92 Å². The van der Waals surface area contributed by atoms with Gasteiger partial charge in [-0.15, -0.1) is 0 Å². The lowest BCUT2D eigenvalue weighted by Crippen LogP contribution is -2.41. The number of piperidine rings is 1. The van der Waals surface area contributed by atoms with E-state index in [1.807, 2.05) is 0 Å². The molecular formula is C11H22N2O2. The van der Waals surface area contributed by atoms with Crippen molar-refractivity contribution in [2.45, 2.75) is 19.8 Å². The number of nitrogens with zero attached hydrogens (tertiary/aromatic N) is 1. The van der Waals surface area contributed by atoms with Crippen LogP contribution in [0.25, 0.3) is 0 Å². The SMILES string of the molecule is COCCNC(=O)CN1CCC(C)CC1. The molecule has 0 spiro atoms. The number of carbonyl (C=O) groups is 1. The molecule has 0 aromatic carbocycles. The maximum absolute atomic E-state index is 11.5. The number of carbonyl (C=O) groups excluding carboxylic acids is 1. The first-order valence-corrected chi connectivity index (χ1v) is 5.70. The first-order valence-electron chi connectivity index (χ1n) is 5.70. The summed E-state index contributed by atoms with van der Waals surface area (Å²) in [6.45, 7) is 6.12. The van der Waals surface area contributed by atoms with Crippen LogP contribution in [0.3, 0.4) is 0 Å². The molecule has 88 valence electrons. The van der Waals surface area contributed by atoms with Crippen molar-refractivity contribution in [2.75, 3.05) is 39.9 Å². The van der Waals surface area contributed by atoms with E-state index in [0.29, 0.717) is 19.7 Å². The lowest BCUT2D eigenvalue weighted by molar-refractivity contribution is -0.122. The molecule has 1 amide bonds. The van der Waals surface area contributed by atoms with E-state index in [1.54, 1.807) is 7.11 Å². The van der Waals surface area contributed by atoms with Crippen LogP contribution in [-0.2, 0) is 9.53 Å². The maximum Gasteiger partial charge on any atom is 0.234 e. The molecule has 1 rings (SSSR count). The summed E-state index contributed by atoms with van der Waals surface area (Å²) in [7, 11) is 1.64. The monoisotopic (exact) mass is 214 g/mol. The Kier molecular flexibility index (Phi) is 5.65. The molecule has 1 aliphatic rings. The van der Waals surface area contributed by atoms with Crippen LogP contribution in [0.15, 0.2) is 0 Å². The van der Waals surface area contributed by atoms with Crippen LogP contribution in [-0.4, -0.2) is 50.7 Å². The molecule has 0 aromatic heterocycles. The highest BCUT2D eigenvalue weighted by Gasteiger charge is 2.17. The minimum Gasteiger partial charge on any atom is -0.383 e. The van der Waals surface area contributed by atoms with Gasteiger partial charge in [0.15, 0.2) is 0 Å². The van der Waals surface area contributed by atoms with Gasteiger partial charge < -0.3 is 10.1 Å². The Labute approximate surface area is 92.0 Å². The second-order valence-electron chi connectivity index (χ2n) is 4.30. The van der Waals surface area contributed by atoms with Crippen LogP contribution < -0.4 is 5.32 Å². The summed E-state index contributed by atoms with van der Waals surface area (Å²) in [5.74, 6) is 0.930. The van der Waals surface area contributed by atoms with Crippen LogP contribution in [0.5, 0.6) is 0 Å². The molecule has 0 aromatic rings. The number of methoxy groups -OCH3 is 1. The number of nitrogens with one attached hydrogen (secondary N) is 1. The highest BCUT2D eigenvalue weighted by atomic mass is 16.5. The average Bonchev–Trinajstić information content (AvgIpc) is 2.22. The van der Waals surface area contributed by atoms with Gasteiger partial charge in [0.25, 0.3) is 0 Å². The van der Waals surface area contributed by atoms with E-state index in [2.05, 4.69) is 17.1 Å². The van der Waals surface area contributed by atoms with E-state index in [-0.39, 0.29) is 5.91 Å². The van der Waals surface area contributed by atoms with Gasteiger partial charge in [0.1, 0.15) is 0 Å². The van der Waals surface area contributed by atoms with Crippen molar-refractivity contribution in [3.8, 4) is 0 Å². The summed E-state index contributed by atoms with van der Waals surface area (Å²) < 4.78 is 4.87. The van der Waals surface area contributed by atoms with E-state index in [9.17, 15) is 4.79 Å². The Bertz CT molecular complexity index is 189. The molecule has 1 heterocycles. The second kappa shape index (κ2) is 6.80. The van der Waals surface area contributed by atoms with E-state index in [4.69, 9.17) is 4.74 Å². The molecule has 4 heteroatoms.